The van der Waals surface area contributed by atoms with Crippen molar-refractivity contribution in [3.63, 3.8) is 0 Å². The van der Waals surface area contributed by atoms with E-state index in [9.17, 15) is 9.18 Å². The summed E-state index contributed by atoms with van der Waals surface area (Å²) in [6, 6.07) is 13.6. The van der Waals surface area contributed by atoms with Crippen molar-refractivity contribution < 1.29 is 13.9 Å². The highest BCUT2D eigenvalue weighted by molar-refractivity contribution is 5.91. The Morgan fingerprint density at radius 1 is 1.15 bits per heavy atom. The van der Waals surface area contributed by atoms with E-state index < -0.39 is 5.91 Å². The van der Waals surface area contributed by atoms with Crippen LogP contribution in [0.4, 0.5) is 4.39 Å². The van der Waals surface area contributed by atoms with Gasteiger partial charge in [-0.25, -0.2) is 14.1 Å². The lowest BCUT2D eigenvalue weighted by Crippen LogP contribution is -2.28. The Hall–Kier alpha value is -3.06. The van der Waals surface area contributed by atoms with Crippen molar-refractivity contribution in [1.29, 1.82) is 0 Å². The summed E-state index contributed by atoms with van der Waals surface area (Å²) in [4.78, 5) is 16.7. The molecule has 0 aliphatic heterocycles. The molecular formula is C19H19FN4O2. The van der Waals surface area contributed by atoms with Gasteiger partial charge in [0.05, 0.1) is 12.3 Å². The number of carbonyl (C=O) groups excluding carboxylic acids is 1. The van der Waals surface area contributed by atoms with Crippen molar-refractivity contribution in [3.05, 3.63) is 65.7 Å². The van der Waals surface area contributed by atoms with Crippen molar-refractivity contribution in [1.82, 2.24) is 20.1 Å². The zero-order valence-electron chi connectivity index (χ0n) is 14.6. The summed E-state index contributed by atoms with van der Waals surface area (Å²) in [5.41, 5.74) is 2.54. The number of nitrogens with one attached hydrogen (secondary N) is 1. The van der Waals surface area contributed by atoms with Gasteiger partial charge in [0.25, 0.3) is 5.91 Å². The van der Waals surface area contributed by atoms with E-state index in [0.29, 0.717) is 24.7 Å². The lowest BCUT2D eigenvalue weighted by atomic mass is 10.1. The zero-order valence-corrected chi connectivity index (χ0v) is 14.6. The predicted octanol–water partition coefficient (Wildman–Crippen LogP) is 2.76. The Labute approximate surface area is 150 Å². The molecule has 0 saturated heterocycles. The number of methoxy groups -OCH3 is 1. The lowest BCUT2D eigenvalue weighted by Gasteiger charge is -2.06. The predicted molar refractivity (Wildman–Crippen MR) is 95.7 cm³/mol. The molecule has 6 nitrogen and oxygen atoms in total. The van der Waals surface area contributed by atoms with Gasteiger partial charge in [-0.1, -0.05) is 29.8 Å². The van der Waals surface area contributed by atoms with E-state index in [2.05, 4.69) is 15.4 Å². The van der Waals surface area contributed by atoms with Crippen LogP contribution < -0.4 is 5.32 Å². The molecule has 0 aliphatic carbocycles. The fraction of sp³-hybridized carbons (Fsp3) is 0.211. The van der Waals surface area contributed by atoms with Crippen LogP contribution in [0.2, 0.25) is 0 Å². The third-order valence-electron chi connectivity index (χ3n) is 3.78. The minimum absolute atomic E-state index is 0.0426. The molecule has 2 aromatic carbocycles. The Morgan fingerprint density at radius 3 is 2.50 bits per heavy atom. The van der Waals surface area contributed by atoms with E-state index in [0.717, 1.165) is 11.1 Å². The van der Waals surface area contributed by atoms with Gasteiger partial charge in [-0.15, -0.1) is 5.10 Å². The van der Waals surface area contributed by atoms with E-state index >= 15 is 0 Å². The van der Waals surface area contributed by atoms with Crippen LogP contribution in [0.15, 0.2) is 48.5 Å². The van der Waals surface area contributed by atoms with Crippen LogP contribution >= 0.6 is 0 Å². The van der Waals surface area contributed by atoms with Crippen molar-refractivity contribution in [3.8, 4) is 17.1 Å². The highest BCUT2D eigenvalue weighted by atomic mass is 19.1. The highest BCUT2D eigenvalue weighted by Crippen LogP contribution is 2.22. The Morgan fingerprint density at radius 2 is 1.85 bits per heavy atom. The van der Waals surface area contributed by atoms with Crippen LogP contribution in [0, 0.1) is 12.7 Å². The normalized spacial score (nSPS) is 10.7. The molecule has 1 heterocycles. The van der Waals surface area contributed by atoms with Crippen molar-refractivity contribution in [2.45, 2.75) is 6.92 Å². The molecule has 3 rings (SSSR count). The number of hydrogen-bond acceptors (Lipinski definition) is 4. The summed E-state index contributed by atoms with van der Waals surface area (Å²) < 4.78 is 19.7. The van der Waals surface area contributed by atoms with Crippen LogP contribution in [-0.2, 0) is 4.74 Å². The van der Waals surface area contributed by atoms with Gasteiger partial charge in [0.2, 0.25) is 5.82 Å². The number of aromatic nitrogens is 3. The summed E-state index contributed by atoms with van der Waals surface area (Å²) in [6.45, 7) is 2.75. The van der Waals surface area contributed by atoms with Gasteiger partial charge < -0.3 is 10.1 Å². The number of halogens is 1. The van der Waals surface area contributed by atoms with Gasteiger partial charge in [0.15, 0.2) is 5.82 Å². The summed E-state index contributed by atoms with van der Waals surface area (Å²) in [7, 11) is 1.56. The number of rotatable bonds is 6. The second kappa shape index (κ2) is 7.88. The number of amides is 1. The topological polar surface area (TPSA) is 69.0 Å². The van der Waals surface area contributed by atoms with E-state index in [1.54, 1.807) is 19.2 Å². The molecular weight excluding hydrogens is 335 g/mol. The average molecular weight is 354 g/mol. The summed E-state index contributed by atoms with van der Waals surface area (Å²) in [5.74, 6) is -0.186. The summed E-state index contributed by atoms with van der Waals surface area (Å²) in [6.07, 6.45) is 0. The van der Waals surface area contributed by atoms with Crippen LogP contribution in [0.5, 0.6) is 0 Å². The van der Waals surface area contributed by atoms with Crippen LogP contribution in [0.25, 0.3) is 17.1 Å². The third kappa shape index (κ3) is 3.94. The van der Waals surface area contributed by atoms with Gasteiger partial charge in [-0.05, 0) is 31.2 Å². The quantitative estimate of drug-likeness (QED) is 0.691. The largest absolute Gasteiger partial charge is 0.383 e. The molecule has 0 aliphatic rings. The zero-order chi connectivity index (χ0) is 18.5. The SMILES string of the molecule is COCCNC(=O)c1nc(-c2ccc(C)cc2)n(-c2ccc(F)cc2)n1. The van der Waals surface area contributed by atoms with Gasteiger partial charge in [0, 0.05) is 19.2 Å². The highest BCUT2D eigenvalue weighted by Gasteiger charge is 2.18. The second-order valence-electron chi connectivity index (χ2n) is 5.76. The molecule has 0 radical (unpaired) electrons. The molecule has 7 heteroatoms. The first-order chi connectivity index (χ1) is 12.6. The number of hydrogen-bond donors (Lipinski definition) is 1. The molecule has 134 valence electrons. The molecule has 0 saturated carbocycles. The molecule has 26 heavy (non-hydrogen) atoms. The van der Waals surface area contributed by atoms with E-state index in [4.69, 9.17) is 4.74 Å². The maximum Gasteiger partial charge on any atom is 0.291 e. The van der Waals surface area contributed by atoms with Crippen molar-refractivity contribution >= 4 is 5.91 Å². The molecule has 1 amide bonds. The number of aryl methyl sites for hydroxylation is 1. The standard InChI is InChI=1S/C19H19FN4O2/c1-13-3-5-14(6-4-13)18-22-17(19(25)21-11-12-26-2)23-24(18)16-9-7-15(20)8-10-16/h3-10H,11-12H2,1-2H3,(H,21,25). The van der Waals surface area contributed by atoms with Gasteiger partial charge in [0.1, 0.15) is 5.82 Å². The molecule has 1 N–H and O–H groups in total. The number of carbonyl (C=O) groups is 1. The van der Waals surface area contributed by atoms with Gasteiger partial charge in [-0.2, -0.15) is 0 Å². The van der Waals surface area contributed by atoms with Crippen LogP contribution in [-0.4, -0.2) is 40.9 Å². The molecule has 0 fully saturated rings. The van der Waals surface area contributed by atoms with Crippen molar-refractivity contribution in [2.75, 3.05) is 20.3 Å². The van der Waals surface area contributed by atoms with Gasteiger partial charge >= 0.3 is 0 Å². The summed E-state index contributed by atoms with van der Waals surface area (Å²) in [5, 5.41) is 7.02. The first kappa shape index (κ1) is 17.8. The number of nitrogens with zero attached hydrogens (tertiary/aromatic N) is 3. The molecule has 3 aromatic rings. The first-order valence-corrected chi connectivity index (χ1v) is 8.15. The second-order valence-corrected chi connectivity index (χ2v) is 5.76. The van der Waals surface area contributed by atoms with Crippen molar-refractivity contribution in [2.24, 2.45) is 0 Å². The summed E-state index contributed by atoms with van der Waals surface area (Å²) >= 11 is 0. The smallest absolute Gasteiger partial charge is 0.291 e. The number of benzene rings is 2. The molecule has 0 atom stereocenters. The van der Waals surface area contributed by atoms with E-state index in [-0.39, 0.29) is 11.6 Å². The molecule has 0 unspecified atom stereocenters. The number of ether oxygens (including phenoxy) is 1. The third-order valence-corrected chi connectivity index (χ3v) is 3.78. The fourth-order valence-electron chi connectivity index (χ4n) is 2.41. The van der Waals surface area contributed by atoms with E-state index in [1.807, 2.05) is 31.2 Å². The Bertz CT molecular complexity index is 826. The Balaban J connectivity index is 2.01. The maximum atomic E-state index is 13.3. The van der Waals surface area contributed by atoms with Gasteiger partial charge in [-0.3, -0.25) is 4.79 Å². The maximum absolute atomic E-state index is 13.3. The average Bonchev–Trinajstić information content (AvgIpc) is 3.08. The minimum atomic E-state index is -0.392. The fourth-order valence-corrected chi connectivity index (χ4v) is 2.41. The monoisotopic (exact) mass is 354 g/mol. The molecule has 1 aromatic heterocycles. The molecule has 0 bridgehead atoms. The van der Waals surface area contributed by atoms with Crippen LogP contribution in [0.3, 0.4) is 0 Å². The Kier molecular flexibility index (Phi) is 5.38. The van der Waals surface area contributed by atoms with Crippen LogP contribution in [0.1, 0.15) is 16.2 Å². The lowest BCUT2D eigenvalue weighted by molar-refractivity contribution is 0.0927. The van der Waals surface area contributed by atoms with E-state index in [1.165, 1.54) is 16.8 Å². The first-order valence-electron chi connectivity index (χ1n) is 8.15. The molecule has 0 spiro atoms. The minimum Gasteiger partial charge on any atom is -0.383 e.